The van der Waals surface area contributed by atoms with Crippen LogP contribution in [0, 0.1) is 0 Å². The van der Waals surface area contributed by atoms with Crippen LogP contribution in [0.4, 0.5) is 11.4 Å². The maximum atomic E-state index is 6.20. The number of hydrogen-bond acceptors (Lipinski definition) is 4. The van der Waals surface area contributed by atoms with Crippen LogP contribution in [-0.4, -0.2) is 29.1 Å². The molecule has 0 bridgehead atoms. The Morgan fingerprint density at radius 2 is 2.17 bits per heavy atom. The number of benzene rings is 1. The molecule has 18 heavy (non-hydrogen) atoms. The minimum Gasteiger partial charge on any atom is -0.379 e. The Morgan fingerprint density at radius 3 is 2.72 bits per heavy atom. The lowest BCUT2D eigenvalue weighted by atomic mass is 10.2. The van der Waals surface area contributed by atoms with E-state index in [0.717, 1.165) is 22.1 Å². The molecular formula is C12H16ClN5. The SMILES string of the molecule is CN(C)c1ccc(NCc2cn(C)nn2)cc1Cl. The van der Waals surface area contributed by atoms with E-state index < -0.39 is 0 Å². The Kier molecular flexibility index (Phi) is 3.72. The molecule has 1 aromatic carbocycles. The van der Waals surface area contributed by atoms with Crippen LogP contribution in [0.15, 0.2) is 24.4 Å². The van der Waals surface area contributed by atoms with Crippen molar-refractivity contribution in [2.24, 2.45) is 7.05 Å². The highest BCUT2D eigenvalue weighted by Gasteiger charge is 2.04. The molecule has 1 aromatic heterocycles. The summed E-state index contributed by atoms with van der Waals surface area (Å²) in [6.07, 6.45) is 1.88. The number of anilines is 2. The van der Waals surface area contributed by atoms with E-state index in [0.29, 0.717) is 6.54 Å². The van der Waals surface area contributed by atoms with Crippen LogP contribution in [0.5, 0.6) is 0 Å². The van der Waals surface area contributed by atoms with Gasteiger partial charge in [-0.15, -0.1) is 5.10 Å². The second-order valence-electron chi connectivity index (χ2n) is 4.30. The van der Waals surface area contributed by atoms with Gasteiger partial charge in [0.2, 0.25) is 0 Å². The summed E-state index contributed by atoms with van der Waals surface area (Å²) in [6, 6.07) is 5.90. The molecule has 6 heteroatoms. The number of nitrogens with zero attached hydrogens (tertiary/aromatic N) is 4. The van der Waals surface area contributed by atoms with Crippen molar-refractivity contribution in [3.63, 3.8) is 0 Å². The summed E-state index contributed by atoms with van der Waals surface area (Å²) in [4.78, 5) is 1.98. The molecule has 0 unspecified atom stereocenters. The standard InChI is InChI=1S/C12H16ClN5/c1-17(2)12-5-4-9(6-11(12)13)14-7-10-8-18(3)16-15-10/h4-6,8,14H,7H2,1-3H3. The van der Waals surface area contributed by atoms with Gasteiger partial charge in [0.05, 0.1) is 17.3 Å². The summed E-state index contributed by atoms with van der Waals surface area (Å²) in [5.41, 5.74) is 2.86. The van der Waals surface area contributed by atoms with Gasteiger partial charge in [0.25, 0.3) is 0 Å². The normalized spacial score (nSPS) is 10.4. The van der Waals surface area contributed by atoms with E-state index in [9.17, 15) is 0 Å². The van der Waals surface area contributed by atoms with Crippen LogP contribution in [0.3, 0.4) is 0 Å². The quantitative estimate of drug-likeness (QED) is 0.920. The molecule has 96 valence electrons. The Balaban J connectivity index is 2.04. The fourth-order valence-electron chi connectivity index (χ4n) is 1.65. The molecule has 2 rings (SSSR count). The van der Waals surface area contributed by atoms with E-state index in [1.165, 1.54) is 0 Å². The van der Waals surface area contributed by atoms with Gasteiger partial charge in [-0.3, -0.25) is 4.68 Å². The number of aryl methyl sites for hydroxylation is 1. The van der Waals surface area contributed by atoms with Crippen molar-refractivity contribution in [1.82, 2.24) is 15.0 Å². The monoisotopic (exact) mass is 265 g/mol. The van der Waals surface area contributed by atoms with E-state index in [2.05, 4.69) is 15.6 Å². The molecule has 1 heterocycles. The molecule has 0 spiro atoms. The smallest absolute Gasteiger partial charge is 0.102 e. The summed E-state index contributed by atoms with van der Waals surface area (Å²) in [6.45, 7) is 0.630. The van der Waals surface area contributed by atoms with Crippen LogP contribution in [-0.2, 0) is 13.6 Å². The highest BCUT2D eigenvalue weighted by Crippen LogP contribution is 2.27. The van der Waals surface area contributed by atoms with Crippen LogP contribution in [0.1, 0.15) is 5.69 Å². The van der Waals surface area contributed by atoms with E-state index in [1.54, 1.807) is 4.68 Å². The van der Waals surface area contributed by atoms with Gasteiger partial charge in [0, 0.05) is 33.0 Å². The predicted octanol–water partition coefficient (Wildman–Crippen LogP) is 2.15. The average Bonchev–Trinajstić information content (AvgIpc) is 2.72. The van der Waals surface area contributed by atoms with Gasteiger partial charge in [-0.1, -0.05) is 16.8 Å². The minimum absolute atomic E-state index is 0.630. The van der Waals surface area contributed by atoms with Crippen LogP contribution in [0.2, 0.25) is 5.02 Å². The lowest BCUT2D eigenvalue weighted by molar-refractivity contribution is 0.713. The third kappa shape index (κ3) is 2.92. The molecule has 0 aliphatic rings. The highest BCUT2D eigenvalue weighted by atomic mass is 35.5. The minimum atomic E-state index is 0.630. The van der Waals surface area contributed by atoms with Gasteiger partial charge < -0.3 is 10.2 Å². The van der Waals surface area contributed by atoms with Crippen molar-refractivity contribution in [3.8, 4) is 0 Å². The Morgan fingerprint density at radius 1 is 1.39 bits per heavy atom. The van der Waals surface area contributed by atoms with Gasteiger partial charge in [-0.05, 0) is 18.2 Å². The lowest BCUT2D eigenvalue weighted by Crippen LogP contribution is -2.09. The predicted molar refractivity (Wildman–Crippen MR) is 74.1 cm³/mol. The first-order valence-corrected chi connectivity index (χ1v) is 6.00. The number of nitrogens with one attached hydrogen (secondary N) is 1. The topological polar surface area (TPSA) is 46.0 Å². The molecule has 0 aliphatic carbocycles. The molecule has 0 atom stereocenters. The zero-order chi connectivity index (χ0) is 13.1. The molecule has 0 radical (unpaired) electrons. The number of halogens is 1. The van der Waals surface area contributed by atoms with E-state index >= 15 is 0 Å². The van der Waals surface area contributed by atoms with Crippen molar-refractivity contribution in [2.45, 2.75) is 6.54 Å². The number of rotatable bonds is 4. The van der Waals surface area contributed by atoms with Crippen molar-refractivity contribution >= 4 is 23.0 Å². The van der Waals surface area contributed by atoms with E-state index in [-0.39, 0.29) is 0 Å². The van der Waals surface area contributed by atoms with Crippen LogP contribution >= 0.6 is 11.6 Å². The molecule has 5 nitrogen and oxygen atoms in total. The van der Waals surface area contributed by atoms with Crippen molar-refractivity contribution in [1.29, 1.82) is 0 Å². The zero-order valence-corrected chi connectivity index (χ0v) is 11.4. The maximum Gasteiger partial charge on any atom is 0.102 e. The van der Waals surface area contributed by atoms with Crippen LogP contribution in [0.25, 0.3) is 0 Å². The second-order valence-corrected chi connectivity index (χ2v) is 4.70. The molecule has 2 aromatic rings. The second kappa shape index (κ2) is 5.27. The van der Waals surface area contributed by atoms with E-state index in [1.807, 2.05) is 50.4 Å². The summed E-state index contributed by atoms with van der Waals surface area (Å²) in [7, 11) is 5.78. The summed E-state index contributed by atoms with van der Waals surface area (Å²) in [5, 5.41) is 11.9. The average molecular weight is 266 g/mol. The fourth-order valence-corrected chi connectivity index (χ4v) is 2.00. The van der Waals surface area contributed by atoms with Gasteiger partial charge in [-0.2, -0.15) is 0 Å². The molecule has 0 fully saturated rings. The number of aromatic nitrogens is 3. The molecular weight excluding hydrogens is 250 g/mol. The summed E-state index contributed by atoms with van der Waals surface area (Å²) < 4.78 is 1.68. The molecule has 0 saturated heterocycles. The fraction of sp³-hybridized carbons (Fsp3) is 0.333. The summed E-state index contributed by atoms with van der Waals surface area (Å²) in [5.74, 6) is 0. The third-order valence-electron chi connectivity index (χ3n) is 2.55. The Hall–Kier alpha value is -1.75. The van der Waals surface area contributed by atoms with Gasteiger partial charge in [0.1, 0.15) is 5.69 Å². The first-order chi connectivity index (χ1) is 8.56. The van der Waals surface area contributed by atoms with Crippen molar-refractivity contribution < 1.29 is 0 Å². The molecule has 0 saturated carbocycles. The summed E-state index contributed by atoms with van der Waals surface area (Å²) >= 11 is 6.20. The third-order valence-corrected chi connectivity index (χ3v) is 2.86. The highest BCUT2D eigenvalue weighted by molar-refractivity contribution is 6.33. The number of hydrogen-bond donors (Lipinski definition) is 1. The Labute approximate surface area is 111 Å². The molecule has 0 amide bonds. The Bertz CT molecular complexity index is 535. The first kappa shape index (κ1) is 12.7. The maximum absolute atomic E-state index is 6.20. The molecule has 1 N–H and O–H groups in total. The first-order valence-electron chi connectivity index (χ1n) is 5.62. The van der Waals surface area contributed by atoms with Crippen LogP contribution < -0.4 is 10.2 Å². The van der Waals surface area contributed by atoms with Gasteiger partial charge in [-0.25, -0.2) is 0 Å². The van der Waals surface area contributed by atoms with Crippen molar-refractivity contribution in [2.75, 3.05) is 24.3 Å². The van der Waals surface area contributed by atoms with E-state index in [4.69, 9.17) is 11.6 Å². The van der Waals surface area contributed by atoms with Gasteiger partial charge in [0.15, 0.2) is 0 Å². The molecule has 0 aliphatic heterocycles. The van der Waals surface area contributed by atoms with Gasteiger partial charge >= 0.3 is 0 Å². The zero-order valence-electron chi connectivity index (χ0n) is 10.7. The van der Waals surface area contributed by atoms with Crippen molar-refractivity contribution in [3.05, 3.63) is 35.1 Å². The lowest BCUT2D eigenvalue weighted by Gasteiger charge is -2.15. The largest absolute Gasteiger partial charge is 0.379 e.